The van der Waals surface area contributed by atoms with Crippen molar-refractivity contribution in [2.24, 2.45) is 0 Å². The van der Waals surface area contributed by atoms with Crippen molar-refractivity contribution in [1.29, 1.82) is 0 Å². The molecule has 186 valence electrons. The van der Waals surface area contributed by atoms with Crippen molar-refractivity contribution >= 4 is 17.2 Å². The minimum atomic E-state index is -0.529. The third-order valence-electron chi connectivity index (χ3n) is 6.00. The van der Waals surface area contributed by atoms with E-state index in [0.717, 1.165) is 24.8 Å². The predicted molar refractivity (Wildman–Crippen MR) is 133 cm³/mol. The highest BCUT2D eigenvalue weighted by atomic mass is 32.1. The zero-order chi connectivity index (χ0) is 24.3. The molecule has 2 heterocycles. The summed E-state index contributed by atoms with van der Waals surface area (Å²) in [4.78, 5) is 18.6. The maximum atomic E-state index is 14.1. The maximum Gasteiger partial charge on any atom is 0.237 e. The second kappa shape index (κ2) is 13.6. The molecule has 1 N–H and O–H groups in total. The molecule has 0 bridgehead atoms. The van der Waals surface area contributed by atoms with E-state index in [-0.39, 0.29) is 30.9 Å². The molecule has 2 atom stereocenters. The van der Waals surface area contributed by atoms with Crippen LogP contribution in [0.25, 0.3) is 0 Å². The van der Waals surface area contributed by atoms with Gasteiger partial charge in [-0.3, -0.25) is 9.69 Å². The van der Waals surface area contributed by atoms with Gasteiger partial charge < -0.3 is 19.5 Å². The van der Waals surface area contributed by atoms with Crippen LogP contribution in [0.5, 0.6) is 5.75 Å². The quantitative estimate of drug-likeness (QED) is 0.320. The van der Waals surface area contributed by atoms with Gasteiger partial charge >= 0.3 is 0 Å². The van der Waals surface area contributed by atoms with Crippen LogP contribution in [-0.2, 0) is 16.0 Å². The molecule has 0 fully saturated rings. The second-order valence-corrected chi connectivity index (χ2v) is 9.50. The van der Waals surface area contributed by atoms with E-state index < -0.39 is 11.9 Å². The fourth-order valence-corrected chi connectivity index (χ4v) is 5.18. The van der Waals surface area contributed by atoms with Crippen molar-refractivity contribution in [3.8, 4) is 5.75 Å². The summed E-state index contributed by atoms with van der Waals surface area (Å²) in [5.41, 5.74) is 1.07. The molecule has 34 heavy (non-hydrogen) atoms. The van der Waals surface area contributed by atoms with Crippen LogP contribution in [0.3, 0.4) is 0 Å². The molecule has 2 aromatic rings. The highest BCUT2D eigenvalue weighted by Gasteiger charge is 2.33. The molecule has 0 aliphatic carbocycles. The average molecular weight is 491 g/mol. The molecule has 1 aliphatic heterocycles. The van der Waals surface area contributed by atoms with Gasteiger partial charge in [0.1, 0.15) is 6.61 Å². The number of fused-ring (bicyclic) bond motifs is 1. The molecule has 8 heteroatoms. The lowest BCUT2D eigenvalue weighted by molar-refractivity contribution is -0.136. The highest BCUT2D eigenvalue weighted by Crippen LogP contribution is 2.34. The summed E-state index contributed by atoms with van der Waals surface area (Å²) >= 11 is 1.68. The average Bonchev–Trinajstić information content (AvgIpc) is 3.31. The van der Waals surface area contributed by atoms with Crippen molar-refractivity contribution in [1.82, 2.24) is 9.80 Å². The monoisotopic (exact) mass is 490 g/mol. The van der Waals surface area contributed by atoms with Crippen molar-refractivity contribution in [3.05, 3.63) is 64.6 Å². The number of ether oxygens (including phenoxy) is 2. The maximum absolute atomic E-state index is 14.1. The minimum Gasteiger partial charge on any atom is -0.488 e. The number of hydrogen-bond donors (Lipinski definition) is 1. The fraction of sp³-hybridized carbons (Fsp3) is 0.500. The molecule has 1 aromatic heterocycles. The summed E-state index contributed by atoms with van der Waals surface area (Å²) in [7, 11) is 1.65. The molecule has 0 saturated heterocycles. The molecule has 1 aliphatic rings. The van der Waals surface area contributed by atoms with Crippen LogP contribution in [0.4, 0.5) is 4.39 Å². The number of para-hydroxylation sites is 1. The van der Waals surface area contributed by atoms with Crippen LogP contribution in [0.1, 0.15) is 35.7 Å². The topological polar surface area (TPSA) is 62.2 Å². The van der Waals surface area contributed by atoms with Gasteiger partial charge in [0.15, 0.2) is 11.6 Å². The number of aliphatic hydroxyl groups is 1. The molecular weight excluding hydrogens is 455 g/mol. The van der Waals surface area contributed by atoms with Crippen molar-refractivity contribution in [2.45, 2.75) is 37.8 Å². The summed E-state index contributed by atoms with van der Waals surface area (Å²) in [6.45, 7) is 6.34. The van der Waals surface area contributed by atoms with Crippen LogP contribution < -0.4 is 4.74 Å². The predicted octanol–water partition coefficient (Wildman–Crippen LogP) is 4.06. The summed E-state index contributed by atoms with van der Waals surface area (Å²) in [5, 5.41) is 12.5. The summed E-state index contributed by atoms with van der Waals surface area (Å²) in [5.74, 6) is -0.254. The van der Waals surface area contributed by atoms with Crippen LogP contribution in [-0.4, -0.2) is 73.4 Å². The Morgan fingerprint density at radius 3 is 3.00 bits per heavy atom. The van der Waals surface area contributed by atoms with Crippen LogP contribution in [0, 0.1) is 5.82 Å². The van der Waals surface area contributed by atoms with E-state index in [1.165, 1.54) is 10.9 Å². The van der Waals surface area contributed by atoms with E-state index in [1.807, 2.05) is 21.2 Å². The number of nitrogens with zero attached hydrogens (tertiary/aromatic N) is 2. The van der Waals surface area contributed by atoms with Gasteiger partial charge in [0.25, 0.3) is 0 Å². The Labute approximate surface area is 205 Å². The van der Waals surface area contributed by atoms with Gasteiger partial charge in [-0.05, 0) is 54.8 Å². The number of halogens is 1. The Kier molecular flexibility index (Phi) is 10.5. The van der Waals surface area contributed by atoms with Crippen LogP contribution in [0.15, 0.2) is 48.4 Å². The Balaban J connectivity index is 1.70. The van der Waals surface area contributed by atoms with E-state index in [0.29, 0.717) is 32.7 Å². The van der Waals surface area contributed by atoms with Crippen LogP contribution in [0.2, 0.25) is 0 Å². The SMILES string of the molecule is C=CCC[C@@H](O)CN(CCCOC)CC(=O)N1CCc2sccc2[C@@H]1COc1ccccc1F. The number of amides is 1. The third-order valence-corrected chi connectivity index (χ3v) is 7.00. The first-order valence-electron chi connectivity index (χ1n) is 11.8. The lowest BCUT2D eigenvalue weighted by Gasteiger charge is -2.37. The molecule has 0 radical (unpaired) electrons. The number of rotatable bonds is 14. The zero-order valence-corrected chi connectivity index (χ0v) is 20.6. The largest absolute Gasteiger partial charge is 0.488 e. The number of aliphatic hydroxyl groups excluding tert-OH is 1. The summed E-state index contributed by atoms with van der Waals surface area (Å²) < 4.78 is 25.1. The first kappa shape index (κ1) is 26.3. The van der Waals surface area contributed by atoms with E-state index in [1.54, 1.807) is 42.7 Å². The van der Waals surface area contributed by atoms with Gasteiger partial charge in [-0.1, -0.05) is 18.2 Å². The Bertz CT molecular complexity index is 922. The molecule has 3 rings (SSSR count). The van der Waals surface area contributed by atoms with Gasteiger partial charge in [-0.25, -0.2) is 4.39 Å². The van der Waals surface area contributed by atoms with Gasteiger partial charge in [-0.2, -0.15) is 0 Å². The number of carbonyl (C=O) groups excluding carboxylic acids is 1. The molecule has 6 nitrogen and oxygen atoms in total. The van der Waals surface area contributed by atoms with Crippen molar-refractivity contribution in [2.75, 3.05) is 46.5 Å². The van der Waals surface area contributed by atoms with Crippen LogP contribution >= 0.6 is 11.3 Å². The van der Waals surface area contributed by atoms with Crippen molar-refractivity contribution in [3.63, 3.8) is 0 Å². The minimum absolute atomic E-state index is 0.0210. The Morgan fingerprint density at radius 2 is 2.24 bits per heavy atom. The van der Waals surface area contributed by atoms with Crippen molar-refractivity contribution < 1.29 is 23.8 Å². The molecule has 1 amide bonds. The van der Waals surface area contributed by atoms with E-state index in [9.17, 15) is 14.3 Å². The molecule has 0 spiro atoms. The van der Waals surface area contributed by atoms with Gasteiger partial charge in [0.05, 0.1) is 18.7 Å². The Morgan fingerprint density at radius 1 is 1.41 bits per heavy atom. The van der Waals surface area contributed by atoms with E-state index >= 15 is 0 Å². The number of hydrogen-bond acceptors (Lipinski definition) is 6. The number of allylic oxidation sites excluding steroid dienone is 1. The lowest BCUT2D eigenvalue weighted by Crippen LogP contribution is -2.48. The Hall–Kier alpha value is -2.26. The van der Waals surface area contributed by atoms with E-state index in [2.05, 4.69) is 6.58 Å². The van der Waals surface area contributed by atoms with Gasteiger partial charge in [0.2, 0.25) is 5.91 Å². The summed E-state index contributed by atoms with van der Waals surface area (Å²) in [6.07, 6.45) is 4.16. The molecule has 0 saturated carbocycles. The van der Waals surface area contributed by atoms with E-state index in [4.69, 9.17) is 9.47 Å². The number of thiophene rings is 1. The third kappa shape index (κ3) is 7.37. The number of benzene rings is 1. The highest BCUT2D eigenvalue weighted by molar-refractivity contribution is 7.10. The standard InChI is InChI=1S/C26H35FN2O4S/c1-3-4-8-20(30)17-28(13-7-15-32-2)18-26(31)29-14-11-25-21(12-16-34-25)23(29)19-33-24-10-6-5-9-22(24)27/h3,5-6,9-10,12,16,20,23,30H,1,4,7-8,11,13-15,17-19H2,2H3/t20-,23+/m1/s1. The second-order valence-electron chi connectivity index (χ2n) is 8.49. The smallest absolute Gasteiger partial charge is 0.237 e. The first-order valence-corrected chi connectivity index (χ1v) is 12.6. The normalized spacial score (nSPS) is 16.4. The first-order chi connectivity index (χ1) is 16.5. The van der Waals surface area contributed by atoms with Gasteiger partial charge in [-0.15, -0.1) is 17.9 Å². The number of methoxy groups -OCH3 is 1. The molecule has 1 aromatic carbocycles. The zero-order valence-electron chi connectivity index (χ0n) is 19.8. The van der Waals surface area contributed by atoms with Gasteiger partial charge in [0, 0.05) is 38.2 Å². The molecule has 0 unspecified atom stereocenters. The number of carbonyl (C=O) groups is 1. The lowest BCUT2D eigenvalue weighted by atomic mass is 10.0. The fourth-order valence-electron chi connectivity index (χ4n) is 4.25. The molecular formula is C26H35FN2O4S. The summed E-state index contributed by atoms with van der Waals surface area (Å²) in [6, 6.07) is 8.06.